The minimum Gasteiger partial charge on any atom is -0.349 e. The van der Waals surface area contributed by atoms with Crippen LogP contribution in [0.15, 0.2) is 23.0 Å². The zero-order chi connectivity index (χ0) is 18.5. The third kappa shape index (κ3) is 4.41. The summed E-state index contributed by atoms with van der Waals surface area (Å²) in [6.45, 7) is 5.74. The van der Waals surface area contributed by atoms with Crippen LogP contribution in [0.5, 0.6) is 0 Å². The Kier molecular flexibility index (Phi) is 6.25. The Hall–Kier alpha value is -1.95. The lowest BCUT2D eigenvalue weighted by atomic mass is 10.0. The standard InChI is InChI=1S/C20H27N3O2S/c1-3-23(4-2)20-22-19(25)16-13-15(10-11-17(16)26-20)21-18(24)12-9-14-7-5-6-8-14/h10-11,13-14H,3-9,12H2,1-2H3,(H,21,24). The number of hydrogen-bond donors (Lipinski definition) is 1. The smallest absolute Gasteiger partial charge is 0.281 e. The van der Waals surface area contributed by atoms with Crippen molar-refractivity contribution in [3.63, 3.8) is 0 Å². The van der Waals surface area contributed by atoms with Crippen LogP contribution in [0.25, 0.3) is 10.1 Å². The van der Waals surface area contributed by atoms with Gasteiger partial charge in [-0.15, -0.1) is 0 Å². The minimum atomic E-state index is -0.234. The average molecular weight is 374 g/mol. The predicted molar refractivity (Wildman–Crippen MR) is 109 cm³/mol. The van der Waals surface area contributed by atoms with Crippen molar-refractivity contribution in [3.8, 4) is 0 Å². The number of rotatable bonds is 7. The van der Waals surface area contributed by atoms with Gasteiger partial charge in [-0.2, -0.15) is 4.98 Å². The first kappa shape index (κ1) is 18.8. The molecule has 0 radical (unpaired) electrons. The van der Waals surface area contributed by atoms with Crippen LogP contribution in [0.4, 0.5) is 10.8 Å². The molecule has 0 aliphatic heterocycles. The van der Waals surface area contributed by atoms with E-state index in [0.717, 1.165) is 29.3 Å². The van der Waals surface area contributed by atoms with Gasteiger partial charge in [0.15, 0.2) is 5.13 Å². The summed E-state index contributed by atoms with van der Waals surface area (Å²) in [5.74, 6) is 0.732. The number of aromatic nitrogens is 1. The zero-order valence-electron chi connectivity index (χ0n) is 15.6. The van der Waals surface area contributed by atoms with Crippen molar-refractivity contribution >= 4 is 38.1 Å². The molecule has 140 valence electrons. The third-order valence-electron chi connectivity index (χ3n) is 5.18. The summed E-state index contributed by atoms with van der Waals surface area (Å²) >= 11 is 1.52. The fourth-order valence-electron chi connectivity index (χ4n) is 3.62. The van der Waals surface area contributed by atoms with Crippen molar-refractivity contribution in [2.24, 2.45) is 5.92 Å². The average Bonchev–Trinajstić information content (AvgIpc) is 3.15. The van der Waals surface area contributed by atoms with Gasteiger partial charge in [0.25, 0.3) is 5.56 Å². The summed E-state index contributed by atoms with van der Waals surface area (Å²) in [7, 11) is 0. The van der Waals surface area contributed by atoms with E-state index in [9.17, 15) is 9.59 Å². The molecule has 5 nitrogen and oxygen atoms in total. The van der Waals surface area contributed by atoms with Gasteiger partial charge in [-0.3, -0.25) is 9.59 Å². The van der Waals surface area contributed by atoms with Gasteiger partial charge in [0.2, 0.25) is 5.91 Å². The van der Waals surface area contributed by atoms with Crippen molar-refractivity contribution in [2.45, 2.75) is 52.4 Å². The molecule has 26 heavy (non-hydrogen) atoms. The Morgan fingerprint density at radius 2 is 2.00 bits per heavy atom. The summed E-state index contributed by atoms with van der Waals surface area (Å²) in [5, 5.41) is 4.25. The molecule has 1 aliphatic carbocycles. The third-order valence-corrected chi connectivity index (χ3v) is 6.29. The van der Waals surface area contributed by atoms with Gasteiger partial charge < -0.3 is 10.2 Å². The van der Waals surface area contributed by atoms with Gasteiger partial charge in [0, 0.05) is 29.9 Å². The predicted octanol–water partition coefficient (Wildman–Crippen LogP) is 4.41. The fourth-order valence-corrected chi connectivity index (χ4v) is 4.72. The lowest BCUT2D eigenvalue weighted by molar-refractivity contribution is -0.116. The van der Waals surface area contributed by atoms with Gasteiger partial charge in [-0.05, 0) is 44.4 Å². The molecule has 1 aromatic heterocycles. The van der Waals surface area contributed by atoms with Crippen LogP contribution < -0.4 is 15.8 Å². The Balaban J connectivity index is 1.72. The van der Waals surface area contributed by atoms with Crippen LogP contribution >= 0.6 is 11.3 Å². The Labute approximate surface area is 158 Å². The first-order chi connectivity index (χ1) is 12.6. The van der Waals surface area contributed by atoms with Crippen LogP contribution in [-0.2, 0) is 4.79 Å². The summed E-state index contributed by atoms with van der Waals surface area (Å²) in [4.78, 5) is 30.9. The number of amides is 1. The molecule has 0 atom stereocenters. The van der Waals surface area contributed by atoms with E-state index in [4.69, 9.17) is 0 Å². The highest BCUT2D eigenvalue weighted by Gasteiger charge is 2.16. The van der Waals surface area contributed by atoms with Gasteiger partial charge >= 0.3 is 0 Å². The molecule has 1 fully saturated rings. The molecule has 2 aromatic rings. The molecule has 0 bridgehead atoms. The van der Waals surface area contributed by atoms with Crippen LogP contribution in [0.3, 0.4) is 0 Å². The molecule has 0 saturated heterocycles. The largest absolute Gasteiger partial charge is 0.349 e. The van der Waals surface area contributed by atoms with Crippen molar-refractivity contribution in [1.82, 2.24) is 4.98 Å². The molecular weight excluding hydrogens is 346 g/mol. The second-order valence-corrected chi connectivity index (χ2v) is 7.93. The summed E-state index contributed by atoms with van der Waals surface area (Å²) in [6.07, 6.45) is 6.62. The quantitative estimate of drug-likeness (QED) is 0.781. The number of fused-ring (bicyclic) bond motifs is 1. The first-order valence-corrected chi connectivity index (χ1v) is 10.4. The number of anilines is 2. The van der Waals surface area contributed by atoms with Crippen molar-refractivity contribution in [3.05, 3.63) is 28.6 Å². The van der Waals surface area contributed by atoms with E-state index in [-0.39, 0.29) is 11.5 Å². The number of carbonyl (C=O) groups is 1. The second-order valence-electron chi connectivity index (χ2n) is 6.92. The van der Waals surface area contributed by atoms with Gasteiger partial charge in [-0.1, -0.05) is 37.0 Å². The molecule has 3 rings (SSSR count). The maximum atomic E-state index is 12.4. The summed E-state index contributed by atoms with van der Waals surface area (Å²) < 4.78 is 0.899. The molecule has 1 saturated carbocycles. The van der Waals surface area contributed by atoms with Gasteiger partial charge in [0.05, 0.1) is 5.39 Å². The van der Waals surface area contributed by atoms with E-state index in [1.54, 1.807) is 6.07 Å². The lowest BCUT2D eigenvalue weighted by Crippen LogP contribution is -2.24. The van der Waals surface area contributed by atoms with E-state index in [1.165, 1.54) is 37.0 Å². The SMILES string of the molecule is CCN(CC)c1nc(=O)c2cc(NC(=O)CCC3CCCC3)ccc2s1. The number of nitrogens with one attached hydrogen (secondary N) is 1. The second kappa shape index (κ2) is 8.62. The molecule has 1 aromatic carbocycles. The van der Waals surface area contributed by atoms with Gasteiger partial charge in [-0.25, -0.2) is 0 Å². The minimum absolute atomic E-state index is 0.0279. The maximum absolute atomic E-state index is 12.4. The molecule has 1 N–H and O–H groups in total. The van der Waals surface area contributed by atoms with E-state index in [0.29, 0.717) is 23.4 Å². The number of nitrogens with zero attached hydrogens (tertiary/aromatic N) is 2. The molecule has 1 heterocycles. The lowest BCUT2D eigenvalue weighted by Gasteiger charge is -2.18. The zero-order valence-corrected chi connectivity index (χ0v) is 16.4. The first-order valence-electron chi connectivity index (χ1n) is 9.60. The van der Waals surface area contributed by atoms with E-state index < -0.39 is 0 Å². The van der Waals surface area contributed by atoms with Crippen molar-refractivity contribution in [2.75, 3.05) is 23.3 Å². The van der Waals surface area contributed by atoms with E-state index >= 15 is 0 Å². The number of carbonyl (C=O) groups excluding carboxylic acids is 1. The molecular formula is C20H27N3O2S. The van der Waals surface area contributed by atoms with E-state index in [2.05, 4.69) is 29.0 Å². The molecule has 0 unspecified atom stereocenters. The molecule has 1 amide bonds. The van der Waals surface area contributed by atoms with E-state index in [1.807, 2.05) is 12.1 Å². The van der Waals surface area contributed by atoms with Crippen molar-refractivity contribution in [1.29, 1.82) is 0 Å². The van der Waals surface area contributed by atoms with Crippen LogP contribution in [0.1, 0.15) is 52.4 Å². The molecule has 0 spiro atoms. The summed E-state index contributed by atoms with van der Waals surface area (Å²) in [6, 6.07) is 5.53. The maximum Gasteiger partial charge on any atom is 0.281 e. The molecule has 6 heteroatoms. The highest BCUT2D eigenvalue weighted by molar-refractivity contribution is 7.21. The summed E-state index contributed by atoms with van der Waals surface area (Å²) in [5.41, 5.74) is 0.443. The Morgan fingerprint density at radius 1 is 1.27 bits per heavy atom. The Bertz CT molecular complexity index is 823. The molecule has 1 aliphatic rings. The van der Waals surface area contributed by atoms with Crippen LogP contribution in [-0.4, -0.2) is 24.0 Å². The van der Waals surface area contributed by atoms with Crippen LogP contribution in [0.2, 0.25) is 0 Å². The van der Waals surface area contributed by atoms with Gasteiger partial charge in [0.1, 0.15) is 0 Å². The topological polar surface area (TPSA) is 62.3 Å². The Morgan fingerprint density at radius 3 is 2.69 bits per heavy atom. The van der Waals surface area contributed by atoms with Crippen LogP contribution in [0, 0.1) is 5.92 Å². The highest BCUT2D eigenvalue weighted by Crippen LogP contribution is 2.29. The normalized spacial score (nSPS) is 14.7. The highest BCUT2D eigenvalue weighted by atomic mass is 32.1. The number of hydrogen-bond acceptors (Lipinski definition) is 5. The van der Waals surface area contributed by atoms with Crippen molar-refractivity contribution < 1.29 is 4.79 Å². The monoisotopic (exact) mass is 373 g/mol. The number of benzene rings is 1. The fraction of sp³-hybridized carbons (Fsp3) is 0.550.